The van der Waals surface area contributed by atoms with Crippen LogP contribution in [0.15, 0.2) is 22.3 Å². The van der Waals surface area contributed by atoms with E-state index in [1.54, 1.807) is 0 Å². The second-order valence-electron chi connectivity index (χ2n) is 15.6. The lowest BCUT2D eigenvalue weighted by Crippen LogP contribution is -2.62. The van der Waals surface area contributed by atoms with Crippen LogP contribution in [-0.2, 0) is 38.1 Å². The Bertz CT molecular complexity index is 1220. The molecule has 230 valence electrons. The molecular weight excluding hydrogens is 536 g/mol. The van der Waals surface area contributed by atoms with E-state index in [1.807, 2.05) is 0 Å². The van der Waals surface area contributed by atoms with Crippen molar-refractivity contribution in [2.24, 2.45) is 45.3 Å². The second kappa shape index (κ2) is 9.43. The number of rotatable bonds is 3. The highest BCUT2D eigenvalue weighted by molar-refractivity contribution is 5.95. The first-order chi connectivity index (χ1) is 19.5. The molecule has 0 radical (unpaired) electrons. The fourth-order valence-electron chi connectivity index (χ4n) is 11.2. The Morgan fingerprint density at radius 2 is 1.00 bits per heavy atom. The molecule has 0 amide bonds. The highest BCUT2D eigenvalue weighted by atomic mass is 16.6. The van der Waals surface area contributed by atoms with Crippen molar-refractivity contribution in [3.05, 3.63) is 22.3 Å². The largest absolute Gasteiger partial charge is 0.462 e. The molecule has 2 fully saturated rings. The zero-order valence-electron chi connectivity index (χ0n) is 26.4. The van der Waals surface area contributed by atoms with Crippen LogP contribution in [0.5, 0.6) is 0 Å². The van der Waals surface area contributed by atoms with Crippen LogP contribution in [0.3, 0.4) is 0 Å². The van der Waals surface area contributed by atoms with Gasteiger partial charge in [0.15, 0.2) is 0 Å². The third-order valence-corrected chi connectivity index (χ3v) is 12.2. The van der Waals surface area contributed by atoms with Crippen LogP contribution in [0.2, 0.25) is 0 Å². The van der Waals surface area contributed by atoms with E-state index in [4.69, 9.17) is 18.9 Å². The molecule has 0 spiro atoms. The molecule has 0 N–H and O–H groups in total. The number of cyclic esters (lactones) is 2. The van der Waals surface area contributed by atoms with Crippen LogP contribution in [-0.4, -0.2) is 49.3 Å². The summed E-state index contributed by atoms with van der Waals surface area (Å²) in [6.45, 7) is 16.1. The van der Waals surface area contributed by atoms with Gasteiger partial charge in [-0.3, -0.25) is 9.59 Å². The first-order valence-corrected chi connectivity index (χ1v) is 15.7. The highest BCUT2D eigenvalue weighted by Gasteiger charge is 2.68. The molecule has 0 aromatic rings. The average Bonchev–Trinajstić information content (AvgIpc) is 3.42. The number of fused-ring (bicyclic) bond motifs is 4. The van der Waals surface area contributed by atoms with Crippen LogP contribution < -0.4 is 0 Å². The number of esters is 4. The van der Waals surface area contributed by atoms with Crippen LogP contribution >= 0.6 is 0 Å². The minimum Gasteiger partial charge on any atom is -0.462 e. The van der Waals surface area contributed by atoms with Crippen molar-refractivity contribution in [3.63, 3.8) is 0 Å². The van der Waals surface area contributed by atoms with Crippen molar-refractivity contribution in [3.8, 4) is 0 Å². The van der Waals surface area contributed by atoms with Crippen molar-refractivity contribution >= 4 is 23.9 Å². The van der Waals surface area contributed by atoms with Crippen molar-refractivity contribution in [2.45, 2.75) is 106 Å². The van der Waals surface area contributed by atoms with Gasteiger partial charge in [0.2, 0.25) is 0 Å². The van der Waals surface area contributed by atoms with E-state index in [0.29, 0.717) is 11.1 Å². The molecule has 0 aromatic carbocycles. The third-order valence-electron chi connectivity index (χ3n) is 12.2. The number of hydrogen-bond acceptors (Lipinski definition) is 8. The quantitative estimate of drug-likeness (QED) is 0.318. The average molecular weight is 583 g/mol. The Morgan fingerprint density at radius 3 is 1.33 bits per heavy atom. The minimum atomic E-state index is -0.598. The Labute approximate surface area is 248 Å². The van der Waals surface area contributed by atoms with Gasteiger partial charge in [-0.1, -0.05) is 54.4 Å². The molecule has 0 bridgehead atoms. The van der Waals surface area contributed by atoms with E-state index in [9.17, 15) is 19.2 Å². The molecule has 2 heterocycles. The molecule has 8 unspecified atom stereocenters. The SMILES string of the molecule is CC(=O)OC1C(C2C3=C(C(=O)OC3)C3(C)CCCC(C)(C)C3C2OC(C)=O)C2=C(C(=O)OC2)C2(C)CCCC(C)(C)C12. The first-order valence-electron chi connectivity index (χ1n) is 15.7. The second-order valence-corrected chi connectivity index (χ2v) is 15.6. The Morgan fingerprint density at radius 1 is 0.643 bits per heavy atom. The van der Waals surface area contributed by atoms with Crippen LogP contribution in [0.25, 0.3) is 0 Å². The molecule has 42 heavy (non-hydrogen) atoms. The molecule has 8 atom stereocenters. The number of hydrogen-bond donors (Lipinski definition) is 0. The Kier molecular flexibility index (Phi) is 6.61. The summed E-state index contributed by atoms with van der Waals surface area (Å²) >= 11 is 0. The lowest BCUT2D eigenvalue weighted by molar-refractivity contribution is -0.186. The molecule has 2 saturated carbocycles. The minimum absolute atomic E-state index is 0.103. The lowest BCUT2D eigenvalue weighted by Gasteiger charge is -2.62. The molecule has 0 aromatic heterocycles. The van der Waals surface area contributed by atoms with Gasteiger partial charge in [0.1, 0.15) is 25.4 Å². The van der Waals surface area contributed by atoms with Crippen LogP contribution in [0, 0.1) is 45.3 Å². The van der Waals surface area contributed by atoms with Crippen molar-refractivity contribution in [2.75, 3.05) is 13.2 Å². The summed E-state index contributed by atoms with van der Waals surface area (Å²) in [7, 11) is 0. The van der Waals surface area contributed by atoms with E-state index in [0.717, 1.165) is 49.7 Å². The van der Waals surface area contributed by atoms with Crippen molar-refractivity contribution < 1.29 is 38.1 Å². The van der Waals surface area contributed by atoms with E-state index >= 15 is 0 Å². The van der Waals surface area contributed by atoms with Crippen LogP contribution in [0.4, 0.5) is 0 Å². The Hall–Kier alpha value is -2.64. The fourth-order valence-corrected chi connectivity index (χ4v) is 11.2. The summed E-state index contributed by atoms with van der Waals surface area (Å²) in [5, 5.41) is 0. The van der Waals surface area contributed by atoms with Crippen molar-refractivity contribution in [1.82, 2.24) is 0 Å². The summed E-state index contributed by atoms with van der Waals surface area (Å²) in [4.78, 5) is 53.0. The van der Waals surface area contributed by atoms with Gasteiger partial charge in [0.05, 0.1) is 0 Å². The van der Waals surface area contributed by atoms with E-state index < -0.39 is 46.8 Å². The van der Waals surface area contributed by atoms with Crippen LogP contribution in [0.1, 0.15) is 93.9 Å². The summed E-state index contributed by atoms with van der Waals surface area (Å²) in [5.74, 6) is -2.75. The zero-order valence-corrected chi connectivity index (χ0v) is 26.4. The normalized spacial score (nSPS) is 41.6. The number of carbonyl (C=O) groups excluding carboxylic acids is 4. The van der Waals surface area contributed by atoms with Gasteiger partial charge in [0.25, 0.3) is 0 Å². The number of carbonyl (C=O) groups is 4. The topological polar surface area (TPSA) is 105 Å². The maximum atomic E-state index is 13.6. The van der Waals surface area contributed by atoms with E-state index in [-0.39, 0.29) is 47.8 Å². The van der Waals surface area contributed by atoms with E-state index in [2.05, 4.69) is 41.5 Å². The maximum absolute atomic E-state index is 13.6. The molecule has 6 rings (SSSR count). The third kappa shape index (κ3) is 3.98. The molecule has 0 saturated heterocycles. The molecule has 8 heteroatoms. The standard InChI is InChI=1S/C34H46O8/c1-17(35)41-25-21(19-15-39-29(37)23(19)33(7)13-9-11-31(3,4)27(25)33)22-20-16-40-30(38)24(20)34(8)14-10-12-32(5,6)28(34)26(22)42-18(2)36/h21-22,25-28H,9-16H2,1-8H3. The van der Waals surface area contributed by atoms with Gasteiger partial charge in [-0.25, -0.2) is 9.59 Å². The smallest absolute Gasteiger partial charge is 0.334 e. The molecule has 2 aliphatic heterocycles. The van der Waals surface area contributed by atoms with Gasteiger partial charge < -0.3 is 18.9 Å². The predicted octanol–water partition coefficient (Wildman–Crippen LogP) is 5.48. The summed E-state index contributed by atoms with van der Waals surface area (Å²) in [6.07, 6.45) is 4.15. The zero-order chi connectivity index (χ0) is 30.6. The van der Waals surface area contributed by atoms with Crippen molar-refractivity contribution in [1.29, 1.82) is 0 Å². The first kappa shape index (κ1) is 29.4. The summed E-state index contributed by atoms with van der Waals surface area (Å²) < 4.78 is 24.4. The monoisotopic (exact) mass is 582 g/mol. The fraction of sp³-hybridized carbons (Fsp3) is 0.765. The number of ether oxygens (including phenoxy) is 4. The molecular formula is C34H46O8. The Balaban J connectivity index is 1.67. The van der Waals surface area contributed by atoms with E-state index in [1.165, 1.54) is 13.8 Å². The predicted molar refractivity (Wildman–Crippen MR) is 153 cm³/mol. The summed E-state index contributed by atoms with van der Waals surface area (Å²) in [5.41, 5.74) is 1.46. The van der Waals surface area contributed by atoms with Gasteiger partial charge >= 0.3 is 23.9 Å². The lowest BCUT2D eigenvalue weighted by atomic mass is 9.43. The summed E-state index contributed by atoms with van der Waals surface area (Å²) in [6, 6.07) is 0. The maximum Gasteiger partial charge on any atom is 0.334 e. The highest BCUT2D eigenvalue weighted by Crippen LogP contribution is 2.68. The van der Waals surface area contributed by atoms with Gasteiger partial charge in [0, 0.05) is 59.5 Å². The van der Waals surface area contributed by atoms with Gasteiger partial charge in [-0.15, -0.1) is 0 Å². The molecule has 4 aliphatic carbocycles. The van der Waals surface area contributed by atoms with Gasteiger partial charge in [-0.05, 0) is 47.7 Å². The van der Waals surface area contributed by atoms with Gasteiger partial charge in [-0.2, -0.15) is 0 Å². The molecule has 6 aliphatic rings. The molecule has 8 nitrogen and oxygen atoms in total.